The lowest BCUT2D eigenvalue weighted by Crippen LogP contribution is -2.34. The third-order valence-electron chi connectivity index (χ3n) is 3.15. The van der Waals surface area contributed by atoms with Crippen LogP contribution in [0, 0.1) is 5.92 Å². The minimum atomic E-state index is 0.00894. The number of thiazole rings is 1. The fraction of sp³-hybridized carbons (Fsp3) is 0.692. The van der Waals surface area contributed by atoms with Crippen LogP contribution < -0.4 is 10.6 Å². The van der Waals surface area contributed by atoms with Gasteiger partial charge >= 0.3 is 0 Å². The third-order valence-corrected chi connectivity index (χ3v) is 4.21. The molecule has 1 heterocycles. The van der Waals surface area contributed by atoms with Gasteiger partial charge in [-0.25, -0.2) is 4.98 Å². The number of nitrogens with zero attached hydrogens (tertiary/aromatic N) is 1. The van der Waals surface area contributed by atoms with E-state index in [0.717, 1.165) is 23.2 Å². The molecular weight excluding hydrogens is 262 g/mol. The Labute approximate surface area is 117 Å². The zero-order chi connectivity index (χ0) is 13.7. The Balaban J connectivity index is 1.65. The summed E-state index contributed by atoms with van der Waals surface area (Å²) >= 11 is 1.56. The van der Waals surface area contributed by atoms with E-state index in [1.54, 1.807) is 18.4 Å². The van der Waals surface area contributed by atoms with Crippen LogP contribution in [0.25, 0.3) is 0 Å². The first-order valence-corrected chi connectivity index (χ1v) is 7.51. The molecule has 6 heteroatoms. The molecule has 2 N–H and O–H groups in total. The lowest BCUT2D eigenvalue weighted by molar-refractivity contribution is -0.120. The van der Waals surface area contributed by atoms with E-state index in [-0.39, 0.29) is 12.0 Å². The molecular formula is C13H21N3O2S. The molecule has 0 aliphatic heterocycles. The predicted octanol–water partition coefficient (Wildman–Crippen LogP) is 1.47. The van der Waals surface area contributed by atoms with E-state index in [4.69, 9.17) is 4.74 Å². The average molecular weight is 283 g/mol. The Morgan fingerprint density at radius 1 is 1.63 bits per heavy atom. The molecule has 1 saturated carbocycles. The van der Waals surface area contributed by atoms with Crippen molar-refractivity contribution in [1.82, 2.24) is 15.6 Å². The van der Waals surface area contributed by atoms with Crippen molar-refractivity contribution in [1.29, 1.82) is 0 Å². The van der Waals surface area contributed by atoms with Crippen molar-refractivity contribution in [2.24, 2.45) is 5.92 Å². The molecule has 5 nitrogen and oxygen atoms in total. The summed E-state index contributed by atoms with van der Waals surface area (Å²) in [6.07, 6.45) is 2.61. The molecule has 1 amide bonds. The summed E-state index contributed by atoms with van der Waals surface area (Å²) in [7, 11) is 1.67. The second kappa shape index (κ2) is 6.98. The van der Waals surface area contributed by atoms with Crippen LogP contribution in [0.2, 0.25) is 0 Å². The van der Waals surface area contributed by atoms with Gasteiger partial charge in [0.05, 0.1) is 18.8 Å². The van der Waals surface area contributed by atoms with Crippen LogP contribution in [0.5, 0.6) is 0 Å². The number of nitrogens with one attached hydrogen (secondary N) is 2. The first kappa shape index (κ1) is 14.4. The highest BCUT2D eigenvalue weighted by Gasteiger charge is 2.20. The van der Waals surface area contributed by atoms with Crippen LogP contribution in [0.4, 0.5) is 0 Å². The maximum absolute atomic E-state index is 11.6. The molecule has 106 valence electrons. The van der Waals surface area contributed by atoms with E-state index >= 15 is 0 Å². The summed E-state index contributed by atoms with van der Waals surface area (Å²) in [5.41, 5.74) is 0.888. The molecule has 0 saturated heterocycles. The van der Waals surface area contributed by atoms with Crippen LogP contribution in [-0.2, 0) is 16.1 Å². The van der Waals surface area contributed by atoms with Crippen LogP contribution >= 0.6 is 11.3 Å². The lowest BCUT2D eigenvalue weighted by atomic mass is 10.4. The number of methoxy groups -OCH3 is 1. The van der Waals surface area contributed by atoms with Crippen molar-refractivity contribution in [3.8, 4) is 0 Å². The first-order valence-electron chi connectivity index (χ1n) is 6.63. The second-order valence-corrected chi connectivity index (χ2v) is 5.80. The quantitative estimate of drug-likeness (QED) is 0.758. The molecule has 1 unspecified atom stereocenters. The number of carbonyl (C=O) groups is 1. The molecule has 0 spiro atoms. The van der Waals surface area contributed by atoms with Gasteiger partial charge in [-0.15, -0.1) is 11.3 Å². The van der Waals surface area contributed by atoms with E-state index in [1.165, 1.54) is 12.8 Å². The van der Waals surface area contributed by atoms with Gasteiger partial charge in [0, 0.05) is 12.5 Å². The summed E-state index contributed by atoms with van der Waals surface area (Å²) in [5.74, 6) is 0.819. The van der Waals surface area contributed by atoms with Crippen molar-refractivity contribution in [2.75, 3.05) is 20.2 Å². The average Bonchev–Trinajstić information content (AvgIpc) is 3.11. The Bertz CT molecular complexity index is 418. The summed E-state index contributed by atoms with van der Waals surface area (Å²) in [5, 5.41) is 8.94. The molecule has 1 aliphatic rings. The number of hydrogen-bond donors (Lipinski definition) is 2. The van der Waals surface area contributed by atoms with Gasteiger partial charge in [-0.3, -0.25) is 4.79 Å². The number of hydrogen-bond acceptors (Lipinski definition) is 5. The molecule has 1 atom stereocenters. The normalized spacial score (nSPS) is 16.3. The van der Waals surface area contributed by atoms with Gasteiger partial charge in [0.25, 0.3) is 0 Å². The zero-order valence-corrected chi connectivity index (χ0v) is 12.3. The van der Waals surface area contributed by atoms with E-state index in [1.807, 2.05) is 12.3 Å². The fourth-order valence-electron chi connectivity index (χ4n) is 1.65. The highest BCUT2D eigenvalue weighted by atomic mass is 32.1. The minimum Gasteiger partial charge on any atom is -0.375 e. The third kappa shape index (κ3) is 4.89. The zero-order valence-electron chi connectivity index (χ0n) is 11.4. The Kier molecular flexibility index (Phi) is 5.30. The minimum absolute atomic E-state index is 0.00894. The monoisotopic (exact) mass is 283 g/mol. The fourth-order valence-corrected chi connectivity index (χ4v) is 2.51. The number of rotatable bonds is 8. The molecule has 1 fully saturated rings. The molecule has 1 aromatic heterocycles. The topological polar surface area (TPSA) is 63.2 Å². The standard InChI is InChI=1S/C13H21N3O2S/c1-9(18-2)13-16-11(8-19-13)6-15-12(17)7-14-5-10-3-4-10/h8-10,14H,3-7H2,1-2H3,(H,15,17). The van der Waals surface area contributed by atoms with Gasteiger partial charge in [-0.1, -0.05) is 0 Å². The summed E-state index contributed by atoms with van der Waals surface area (Å²) in [6.45, 7) is 3.79. The van der Waals surface area contributed by atoms with Crippen LogP contribution in [0.3, 0.4) is 0 Å². The molecule has 0 bridgehead atoms. The number of carbonyl (C=O) groups excluding carboxylic acids is 1. The number of ether oxygens (including phenoxy) is 1. The largest absolute Gasteiger partial charge is 0.375 e. The van der Waals surface area contributed by atoms with Gasteiger partial charge in [-0.2, -0.15) is 0 Å². The number of amides is 1. The molecule has 1 aliphatic carbocycles. The highest BCUT2D eigenvalue weighted by Crippen LogP contribution is 2.27. The van der Waals surface area contributed by atoms with Gasteiger partial charge in [0.1, 0.15) is 11.1 Å². The van der Waals surface area contributed by atoms with Crippen molar-refractivity contribution in [3.63, 3.8) is 0 Å². The van der Waals surface area contributed by atoms with Crippen LogP contribution in [0.15, 0.2) is 5.38 Å². The summed E-state index contributed by atoms with van der Waals surface area (Å²) in [4.78, 5) is 16.0. The van der Waals surface area contributed by atoms with E-state index < -0.39 is 0 Å². The Morgan fingerprint density at radius 3 is 3.11 bits per heavy atom. The second-order valence-electron chi connectivity index (χ2n) is 4.91. The van der Waals surface area contributed by atoms with Gasteiger partial charge in [0.2, 0.25) is 5.91 Å². The summed E-state index contributed by atoms with van der Waals surface area (Å²) < 4.78 is 5.21. The first-order chi connectivity index (χ1) is 9.19. The SMILES string of the molecule is COC(C)c1nc(CNC(=O)CNCC2CC2)cs1. The molecule has 1 aromatic rings. The van der Waals surface area contributed by atoms with E-state index in [2.05, 4.69) is 15.6 Å². The smallest absolute Gasteiger partial charge is 0.234 e. The van der Waals surface area contributed by atoms with Crippen molar-refractivity contribution in [2.45, 2.75) is 32.4 Å². The molecule has 0 aromatic carbocycles. The van der Waals surface area contributed by atoms with E-state index in [0.29, 0.717) is 13.1 Å². The van der Waals surface area contributed by atoms with E-state index in [9.17, 15) is 4.79 Å². The maximum atomic E-state index is 11.6. The predicted molar refractivity (Wildman–Crippen MR) is 75.0 cm³/mol. The van der Waals surface area contributed by atoms with Crippen LogP contribution in [-0.4, -0.2) is 31.1 Å². The van der Waals surface area contributed by atoms with Gasteiger partial charge in [0.15, 0.2) is 0 Å². The van der Waals surface area contributed by atoms with Crippen molar-refractivity contribution in [3.05, 3.63) is 16.1 Å². The lowest BCUT2D eigenvalue weighted by Gasteiger charge is -2.05. The van der Waals surface area contributed by atoms with Crippen molar-refractivity contribution < 1.29 is 9.53 Å². The van der Waals surface area contributed by atoms with Gasteiger partial charge < -0.3 is 15.4 Å². The van der Waals surface area contributed by atoms with Crippen molar-refractivity contribution >= 4 is 17.2 Å². The van der Waals surface area contributed by atoms with Gasteiger partial charge in [-0.05, 0) is 32.2 Å². The molecule has 19 heavy (non-hydrogen) atoms. The number of aromatic nitrogens is 1. The highest BCUT2D eigenvalue weighted by molar-refractivity contribution is 7.09. The molecule has 2 rings (SSSR count). The Morgan fingerprint density at radius 2 is 2.42 bits per heavy atom. The van der Waals surface area contributed by atoms with Crippen LogP contribution in [0.1, 0.15) is 36.6 Å². The Hall–Kier alpha value is -0.980. The summed E-state index contributed by atoms with van der Waals surface area (Å²) in [6, 6.07) is 0. The maximum Gasteiger partial charge on any atom is 0.234 e. The molecule has 0 radical (unpaired) electrons.